The van der Waals surface area contributed by atoms with Crippen LogP contribution in [-0.2, 0) is 9.53 Å². The molecule has 0 aromatic heterocycles. The van der Waals surface area contributed by atoms with Gasteiger partial charge in [0.1, 0.15) is 0 Å². The molecular formula is C13H19N3O3. The summed E-state index contributed by atoms with van der Waals surface area (Å²) in [4.78, 5) is 24.6. The number of nitrogens with two attached hydrogens (primary N) is 1. The van der Waals surface area contributed by atoms with E-state index in [-0.39, 0.29) is 12.5 Å². The molecule has 0 aliphatic carbocycles. The molecule has 1 aromatic carbocycles. The molecule has 6 heteroatoms. The van der Waals surface area contributed by atoms with Crippen LogP contribution in [-0.4, -0.2) is 39.1 Å². The first kappa shape index (κ1) is 14.8. The number of likely N-dealkylation sites (N-methyl/N-ethyl adjacent to an activating group) is 2. The number of anilines is 2. The van der Waals surface area contributed by atoms with Crippen molar-refractivity contribution >= 4 is 23.3 Å². The average Bonchev–Trinajstić information content (AvgIpc) is 2.43. The maximum absolute atomic E-state index is 11.4. The van der Waals surface area contributed by atoms with Gasteiger partial charge in [-0.3, -0.25) is 4.79 Å². The largest absolute Gasteiger partial charge is 0.465 e. The van der Waals surface area contributed by atoms with Crippen molar-refractivity contribution in [2.45, 2.75) is 6.92 Å². The number of nitrogens with one attached hydrogen (secondary N) is 1. The molecule has 0 aliphatic rings. The first-order chi connectivity index (χ1) is 9.03. The van der Waals surface area contributed by atoms with E-state index in [2.05, 4.69) is 10.1 Å². The highest BCUT2D eigenvalue weighted by Crippen LogP contribution is 2.24. The molecule has 1 amide bonds. The van der Waals surface area contributed by atoms with Crippen LogP contribution in [0, 0.1) is 0 Å². The zero-order chi connectivity index (χ0) is 14.4. The number of hydrogen-bond donors (Lipinski definition) is 2. The van der Waals surface area contributed by atoms with Crippen molar-refractivity contribution < 1.29 is 14.3 Å². The van der Waals surface area contributed by atoms with Gasteiger partial charge in [0.2, 0.25) is 5.91 Å². The lowest BCUT2D eigenvalue weighted by Crippen LogP contribution is -2.35. The third-order valence-electron chi connectivity index (χ3n) is 2.78. The second kappa shape index (κ2) is 6.63. The Balaban J connectivity index is 2.99. The Morgan fingerprint density at radius 1 is 1.42 bits per heavy atom. The van der Waals surface area contributed by atoms with Gasteiger partial charge in [0.25, 0.3) is 0 Å². The number of nitrogen functional groups attached to an aromatic ring is 1. The van der Waals surface area contributed by atoms with Gasteiger partial charge in [0.05, 0.1) is 30.6 Å². The molecule has 6 nitrogen and oxygen atoms in total. The summed E-state index contributed by atoms with van der Waals surface area (Å²) < 4.78 is 4.63. The quantitative estimate of drug-likeness (QED) is 0.602. The molecule has 19 heavy (non-hydrogen) atoms. The summed E-state index contributed by atoms with van der Waals surface area (Å²) >= 11 is 0. The van der Waals surface area contributed by atoms with Gasteiger partial charge >= 0.3 is 5.97 Å². The molecule has 3 N–H and O–H groups in total. The van der Waals surface area contributed by atoms with E-state index in [4.69, 9.17) is 5.73 Å². The lowest BCUT2D eigenvalue weighted by molar-refractivity contribution is -0.119. The number of amides is 1. The standard InChI is InChI=1S/C13H19N3O3/c1-4-16(8-12(17)15-2)11-6-5-9(7-10(11)14)13(18)19-3/h5-7H,4,8,14H2,1-3H3,(H,15,17). The lowest BCUT2D eigenvalue weighted by atomic mass is 10.1. The predicted molar refractivity (Wildman–Crippen MR) is 74.1 cm³/mol. The van der Waals surface area contributed by atoms with Crippen molar-refractivity contribution in [3.63, 3.8) is 0 Å². The molecule has 0 spiro atoms. The molecule has 0 bridgehead atoms. The monoisotopic (exact) mass is 265 g/mol. The highest BCUT2D eigenvalue weighted by Gasteiger charge is 2.14. The van der Waals surface area contributed by atoms with E-state index in [0.717, 1.165) is 5.69 Å². The molecule has 0 saturated heterocycles. The van der Waals surface area contributed by atoms with E-state index in [1.807, 2.05) is 11.8 Å². The van der Waals surface area contributed by atoms with Crippen LogP contribution >= 0.6 is 0 Å². The number of ether oxygens (including phenoxy) is 1. The van der Waals surface area contributed by atoms with Crippen molar-refractivity contribution in [1.82, 2.24) is 5.32 Å². The third-order valence-corrected chi connectivity index (χ3v) is 2.78. The van der Waals surface area contributed by atoms with Gasteiger partial charge in [-0.05, 0) is 25.1 Å². The second-order valence-electron chi connectivity index (χ2n) is 3.95. The summed E-state index contributed by atoms with van der Waals surface area (Å²) in [5.74, 6) is -0.536. The summed E-state index contributed by atoms with van der Waals surface area (Å²) in [6.45, 7) is 2.78. The maximum Gasteiger partial charge on any atom is 0.337 e. The number of benzene rings is 1. The van der Waals surface area contributed by atoms with E-state index >= 15 is 0 Å². The Bertz CT molecular complexity index is 474. The third kappa shape index (κ3) is 3.61. The first-order valence-corrected chi connectivity index (χ1v) is 5.96. The van der Waals surface area contributed by atoms with Crippen LogP contribution < -0.4 is 16.0 Å². The van der Waals surface area contributed by atoms with E-state index < -0.39 is 5.97 Å². The fourth-order valence-electron chi connectivity index (χ4n) is 1.71. The van der Waals surface area contributed by atoms with Crippen LogP contribution in [0.2, 0.25) is 0 Å². The molecule has 1 rings (SSSR count). The summed E-state index contributed by atoms with van der Waals surface area (Å²) in [5.41, 5.74) is 7.47. The van der Waals surface area contributed by atoms with Gasteiger partial charge < -0.3 is 20.7 Å². The molecule has 0 heterocycles. The number of rotatable bonds is 5. The van der Waals surface area contributed by atoms with Crippen LogP contribution in [0.5, 0.6) is 0 Å². The smallest absolute Gasteiger partial charge is 0.337 e. The summed E-state index contributed by atoms with van der Waals surface area (Å²) in [6.07, 6.45) is 0. The topological polar surface area (TPSA) is 84.7 Å². The number of nitrogens with zero attached hydrogens (tertiary/aromatic N) is 1. The lowest BCUT2D eigenvalue weighted by Gasteiger charge is -2.23. The maximum atomic E-state index is 11.4. The summed E-state index contributed by atoms with van der Waals surface area (Å²) in [6, 6.07) is 4.89. The van der Waals surface area contributed by atoms with Crippen molar-refractivity contribution in [3.05, 3.63) is 23.8 Å². The molecule has 0 fully saturated rings. The number of hydrogen-bond acceptors (Lipinski definition) is 5. The summed E-state index contributed by atoms with van der Waals surface area (Å²) in [5, 5.41) is 2.56. The van der Waals surface area contributed by atoms with Gasteiger partial charge in [0, 0.05) is 13.6 Å². The Morgan fingerprint density at radius 3 is 2.58 bits per heavy atom. The van der Waals surface area contributed by atoms with Gasteiger partial charge in [-0.1, -0.05) is 0 Å². The number of methoxy groups -OCH3 is 1. The minimum Gasteiger partial charge on any atom is -0.465 e. The van der Waals surface area contributed by atoms with Crippen molar-refractivity contribution in [3.8, 4) is 0 Å². The second-order valence-corrected chi connectivity index (χ2v) is 3.95. The molecule has 0 aliphatic heterocycles. The predicted octanol–water partition coefficient (Wildman–Crippen LogP) is 0.628. The minimum absolute atomic E-state index is 0.0988. The van der Waals surface area contributed by atoms with E-state index in [9.17, 15) is 9.59 Å². The highest BCUT2D eigenvalue weighted by atomic mass is 16.5. The molecule has 1 aromatic rings. The van der Waals surface area contributed by atoms with Crippen LogP contribution in [0.1, 0.15) is 17.3 Å². The number of esters is 1. The molecule has 104 valence electrons. The van der Waals surface area contributed by atoms with Crippen LogP contribution in [0.3, 0.4) is 0 Å². The molecular weight excluding hydrogens is 246 g/mol. The SMILES string of the molecule is CCN(CC(=O)NC)c1ccc(C(=O)OC)cc1N. The molecule has 0 atom stereocenters. The zero-order valence-electron chi connectivity index (χ0n) is 11.4. The van der Waals surface area contributed by atoms with Gasteiger partial charge in [0.15, 0.2) is 0 Å². The number of carbonyl (C=O) groups excluding carboxylic acids is 2. The van der Waals surface area contributed by atoms with Crippen molar-refractivity contribution in [1.29, 1.82) is 0 Å². The van der Waals surface area contributed by atoms with Crippen LogP contribution in [0.25, 0.3) is 0 Å². The highest BCUT2D eigenvalue weighted by molar-refractivity contribution is 5.92. The summed E-state index contributed by atoms with van der Waals surface area (Å²) in [7, 11) is 2.90. The van der Waals surface area contributed by atoms with E-state index in [1.54, 1.807) is 25.2 Å². The average molecular weight is 265 g/mol. The van der Waals surface area contributed by atoms with E-state index in [0.29, 0.717) is 17.8 Å². The van der Waals surface area contributed by atoms with Crippen LogP contribution in [0.15, 0.2) is 18.2 Å². The Hall–Kier alpha value is -2.24. The Kier molecular flexibility index (Phi) is 5.17. The molecule has 0 saturated carbocycles. The normalized spacial score (nSPS) is 9.84. The van der Waals surface area contributed by atoms with Gasteiger partial charge in [-0.25, -0.2) is 4.79 Å². The first-order valence-electron chi connectivity index (χ1n) is 5.96. The van der Waals surface area contributed by atoms with E-state index in [1.165, 1.54) is 7.11 Å². The van der Waals surface area contributed by atoms with Crippen molar-refractivity contribution in [2.24, 2.45) is 0 Å². The molecule has 0 unspecified atom stereocenters. The van der Waals surface area contributed by atoms with Gasteiger partial charge in [-0.2, -0.15) is 0 Å². The van der Waals surface area contributed by atoms with Crippen LogP contribution in [0.4, 0.5) is 11.4 Å². The zero-order valence-corrected chi connectivity index (χ0v) is 11.4. The fraction of sp³-hybridized carbons (Fsp3) is 0.385. The Labute approximate surface area is 112 Å². The fourth-order valence-corrected chi connectivity index (χ4v) is 1.71. The molecule has 0 radical (unpaired) electrons. The van der Waals surface area contributed by atoms with Crippen molar-refractivity contribution in [2.75, 3.05) is 37.9 Å². The number of carbonyl (C=O) groups is 2. The Morgan fingerprint density at radius 2 is 2.11 bits per heavy atom. The van der Waals surface area contributed by atoms with Gasteiger partial charge in [-0.15, -0.1) is 0 Å². The minimum atomic E-state index is -0.437.